The lowest BCUT2D eigenvalue weighted by Gasteiger charge is -2.34. The van der Waals surface area contributed by atoms with Crippen LogP contribution in [0.15, 0.2) is 11.6 Å². The fourth-order valence-corrected chi connectivity index (χ4v) is 2.09. The van der Waals surface area contributed by atoms with Gasteiger partial charge in [-0.2, -0.15) is 0 Å². The second-order valence-corrected chi connectivity index (χ2v) is 4.77. The van der Waals surface area contributed by atoms with Gasteiger partial charge in [0, 0.05) is 6.42 Å². The van der Waals surface area contributed by atoms with E-state index in [-0.39, 0.29) is 12.3 Å². The predicted molar refractivity (Wildman–Crippen MR) is 58.6 cm³/mol. The van der Waals surface area contributed by atoms with Crippen molar-refractivity contribution in [3.05, 3.63) is 11.6 Å². The molecule has 0 saturated heterocycles. The molecule has 1 rings (SSSR count). The van der Waals surface area contributed by atoms with Crippen LogP contribution in [0, 0.1) is 5.92 Å². The first-order chi connectivity index (χ1) is 6.92. The number of rotatable bonds is 4. The summed E-state index contributed by atoms with van der Waals surface area (Å²) in [4.78, 5) is 10.5. The van der Waals surface area contributed by atoms with Crippen molar-refractivity contribution >= 4 is 5.97 Å². The minimum atomic E-state index is -0.838. The summed E-state index contributed by atoms with van der Waals surface area (Å²) in [6.45, 7) is 3.86. The molecule has 3 heteroatoms. The van der Waals surface area contributed by atoms with Crippen LogP contribution in [0.5, 0.6) is 0 Å². The molecule has 0 aromatic carbocycles. The highest BCUT2D eigenvalue weighted by Gasteiger charge is 2.32. The maximum Gasteiger partial charge on any atom is 0.303 e. The lowest BCUT2D eigenvalue weighted by molar-refractivity contribution is -0.139. The third-order valence-corrected chi connectivity index (χ3v) is 3.36. The molecule has 86 valence electrons. The monoisotopic (exact) mass is 212 g/mol. The quantitative estimate of drug-likeness (QED) is 0.703. The molecular formula is C12H20O3. The van der Waals surface area contributed by atoms with E-state index in [1.54, 1.807) is 6.92 Å². The third-order valence-electron chi connectivity index (χ3n) is 3.36. The molecule has 0 spiro atoms. The zero-order chi connectivity index (χ0) is 11.5. The van der Waals surface area contributed by atoms with Gasteiger partial charge in [-0.05, 0) is 45.4 Å². The summed E-state index contributed by atoms with van der Waals surface area (Å²) in [5.74, 6) is -0.627. The van der Waals surface area contributed by atoms with Crippen LogP contribution in [0.3, 0.4) is 0 Å². The average molecular weight is 212 g/mol. The molecule has 0 radical (unpaired) electrons. The second-order valence-electron chi connectivity index (χ2n) is 4.77. The van der Waals surface area contributed by atoms with Crippen LogP contribution < -0.4 is 0 Å². The number of carboxylic acids is 1. The summed E-state index contributed by atoms with van der Waals surface area (Å²) in [5.41, 5.74) is 0.538. The van der Waals surface area contributed by atoms with Crippen LogP contribution in [-0.2, 0) is 4.79 Å². The van der Waals surface area contributed by atoms with E-state index in [1.807, 2.05) is 0 Å². The molecular weight excluding hydrogens is 192 g/mol. The number of hydrogen-bond donors (Lipinski definition) is 2. The normalized spacial score (nSPS) is 25.5. The topological polar surface area (TPSA) is 57.5 Å². The molecule has 0 amide bonds. The predicted octanol–water partition coefficient (Wildman–Crippen LogP) is 2.35. The highest BCUT2D eigenvalue weighted by atomic mass is 16.4. The summed E-state index contributed by atoms with van der Waals surface area (Å²) in [6, 6.07) is 0. The van der Waals surface area contributed by atoms with Crippen LogP contribution in [0.2, 0.25) is 0 Å². The van der Waals surface area contributed by atoms with Gasteiger partial charge < -0.3 is 10.2 Å². The zero-order valence-electron chi connectivity index (χ0n) is 9.49. The van der Waals surface area contributed by atoms with E-state index in [0.29, 0.717) is 6.42 Å². The summed E-state index contributed by atoms with van der Waals surface area (Å²) >= 11 is 0. The second kappa shape index (κ2) is 4.79. The van der Waals surface area contributed by atoms with Crippen molar-refractivity contribution in [3.8, 4) is 0 Å². The molecule has 0 bridgehead atoms. The molecule has 2 N–H and O–H groups in total. The van der Waals surface area contributed by atoms with Gasteiger partial charge >= 0.3 is 5.97 Å². The Labute approximate surface area is 90.8 Å². The van der Waals surface area contributed by atoms with Crippen molar-refractivity contribution in [3.63, 3.8) is 0 Å². The molecule has 0 heterocycles. The Morgan fingerprint density at radius 2 is 2.33 bits per heavy atom. The van der Waals surface area contributed by atoms with E-state index in [1.165, 1.54) is 5.57 Å². The Morgan fingerprint density at radius 1 is 1.67 bits per heavy atom. The minimum Gasteiger partial charge on any atom is -0.481 e. The van der Waals surface area contributed by atoms with Gasteiger partial charge in [-0.25, -0.2) is 0 Å². The van der Waals surface area contributed by atoms with Gasteiger partial charge in [0.05, 0.1) is 5.60 Å². The molecule has 1 aliphatic carbocycles. The molecule has 15 heavy (non-hydrogen) atoms. The lowest BCUT2D eigenvalue weighted by atomic mass is 9.76. The van der Waals surface area contributed by atoms with Crippen LogP contribution in [-0.4, -0.2) is 21.8 Å². The molecule has 0 aromatic heterocycles. The van der Waals surface area contributed by atoms with Crippen LogP contribution in [0.25, 0.3) is 0 Å². The summed E-state index contributed by atoms with van der Waals surface area (Å²) in [5, 5.41) is 18.8. The van der Waals surface area contributed by atoms with Crippen molar-refractivity contribution in [2.45, 2.75) is 51.6 Å². The van der Waals surface area contributed by atoms with E-state index in [9.17, 15) is 9.90 Å². The molecule has 0 unspecified atom stereocenters. The molecule has 0 saturated carbocycles. The Kier molecular flexibility index (Phi) is 3.91. The fraction of sp³-hybridized carbons (Fsp3) is 0.750. The van der Waals surface area contributed by atoms with Crippen LogP contribution in [0.4, 0.5) is 0 Å². The van der Waals surface area contributed by atoms with Crippen molar-refractivity contribution in [1.29, 1.82) is 0 Å². The number of allylic oxidation sites excluding steroid dienone is 2. The Hall–Kier alpha value is -0.830. The van der Waals surface area contributed by atoms with E-state index < -0.39 is 11.6 Å². The third kappa shape index (κ3) is 3.67. The van der Waals surface area contributed by atoms with Crippen LogP contribution in [0.1, 0.15) is 46.0 Å². The summed E-state index contributed by atoms with van der Waals surface area (Å²) in [6.07, 6.45) is 5.41. The zero-order valence-corrected chi connectivity index (χ0v) is 9.49. The highest BCUT2D eigenvalue weighted by Crippen LogP contribution is 2.34. The number of aliphatic carboxylic acids is 1. The van der Waals surface area contributed by atoms with Crippen molar-refractivity contribution in [2.24, 2.45) is 5.92 Å². The van der Waals surface area contributed by atoms with Gasteiger partial charge in [0.1, 0.15) is 0 Å². The van der Waals surface area contributed by atoms with Gasteiger partial charge in [0.25, 0.3) is 0 Å². The molecule has 0 fully saturated rings. The highest BCUT2D eigenvalue weighted by molar-refractivity contribution is 5.66. The lowest BCUT2D eigenvalue weighted by Crippen LogP contribution is -2.36. The first kappa shape index (κ1) is 12.2. The Bertz CT molecular complexity index is 266. The molecule has 0 aliphatic heterocycles. The van der Waals surface area contributed by atoms with E-state index in [4.69, 9.17) is 5.11 Å². The first-order valence-electron chi connectivity index (χ1n) is 5.51. The number of aliphatic hydroxyl groups is 1. The Morgan fingerprint density at radius 3 is 2.80 bits per heavy atom. The maximum atomic E-state index is 10.5. The van der Waals surface area contributed by atoms with E-state index in [0.717, 1.165) is 19.3 Å². The first-order valence-corrected chi connectivity index (χ1v) is 5.51. The minimum absolute atomic E-state index is 0.0478. The fourth-order valence-electron chi connectivity index (χ4n) is 2.09. The SMILES string of the molecule is CC1=CC[C@@H]([C@@](C)(O)CCC(=O)O)CC1. The van der Waals surface area contributed by atoms with Gasteiger partial charge in [-0.15, -0.1) is 0 Å². The van der Waals surface area contributed by atoms with Gasteiger partial charge in [0.2, 0.25) is 0 Å². The smallest absolute Gasteiger partial charge is 0.303 e. The summed E-state index contributed by atoms with van der Waals surface area (Å²) < 4.78 is 0. The summed E-state index contributed by atoms with van der Waals surface area (Å²) in [7, 11) is 0. The van der Waals surface area contributed by atoms with Crippen molar-refractivity contribution in [1.82, 2.24) is 0 Å². The largest absolute Gasteiger partial charge is 0.481 e. The van der Waals surface area contributed by atoms with Gasteiger partial charge in [-0.3, -0.25) is 4.79 Å². The van der Waals surface area contributed by atoms with E-state index in [2.05, 4.69) is 13.0 Å². The van der Waals surface area contributed by atoms with Crippen LogP contribution >= 0.6 is 0 Å². The number of hydrogen-bond acceptors (Lipinski definition) is 2. The molecule has 1 aliphatic rings. The van der Waals surface area contributed by atoms with Gasteiger partial charge in [0.15, 0.2) is 0 Å². The standard InChI is InChI=1S/C12H20O3/c1-9-3-5-10(6-4-9)12(2,15)8-7-11(13)14/h3,10,15H,4-8H2,1-2H3,(H,13,14)/t10-,12+/m1/s1. The molecule has 3 nitrogen and oxygen atoms in total. The molecule has 0 aromatic rings. The average Bonchev–Trinajstić information content (AvgIpc) is 2.16. The van der Waals surface area contributed by atoms with Crippen molar-refractivity contribution < 1.29 is 15.0 Å². The Balaban J connectivity index is 2.50. The van der Waals surface area contributed by atoms with Crippen molar-refractivity contribution in [2.75, 3.05) is 0 Å². The van der Waals surface area contributed by atoms with E-state index >= 15 is 0 Å². The van der Waals surface area contributed by atoms with Gasteiger partial charge in [-0.1, -0.05) is 11.6 Å². The molecule has 2 atom stereocenters. The maximum absolute atomic E-state index is 10.5. The number of carbonyl (C=O) groups is 1. The number of carboxylic acid groups (broad SMARTS) is 1.